The van der Waals surface area contributed by atoms with Crippen molar-refractivity contribution >= 4 is 15.9 Å². The van der Waals surface area contributed by atoms with Gasteiger partial charge in [-0.3, -0.25) is 4.72 Å². The molecule has 21 heavy (non-hydrogen) atoms. The molecule has 0 spiro atoms. The lowest BCUT2D eigenvalue weighted by Gasteiger charge is -2.23. The number of nitrogens with zero attached hydrogens (tertiary/aromatic N) is 1. The number of anilines is 1. The highest BCUT2D eigenvalue weighted by atomic mass is 32.2. The molecule has 9 heteroatoms. The summed E-state index contributed by atoms with van der Waals surface area (Å²) < 4.78 is 65.9. The van der Waals surface area contributed by atoms with E-state index in [1.54, 1.807) is 13.8 Å². The molecule has 0 saturated heterocycles. The number of hydrogen-bond donors (Lipinski definition) is 2. The summed E-state index contributed by atoms with van der Waals surface area (Å²) in [7, 11) is -2.78. The van der Waals surface area contributed by atoms with Gasteiger partial charge in [0.25, 0.3) is 0 Å². The second kappa shape index (κ2) is 6.20. The summed E-state index contributed by atoms with van der Waals surface area (Å²) in [5.41, 5.74) is 3.99. The molecule has 5 nitrogen and oxygen atoms in total. The molecule has 0 fully saturated rings. The summed E-state index contributed by atoms with van der Waals surface area (Å²) in [6.45, 7) is 3.16. The molecule has 0 aliphatic heterocycles. The molecular formula is C12H18F3N3O2S. The van der Waals surface area contributed by atoms with Crippen LogP contribution in [0.1, 0.15) is 25.0 Å². The van der Waals surface area contributed by atoms with E-state index in [2.05, 4.69) is 0 Å². The number of hydrogen-bond acceptors (Lipinski definition) is 3. The molecule has 1 aromatic carbocycles. The van der Waals surface area contributed by atoms with Crippen molar-refractivity contribution in [1.29, 1.82) is 0 Å². The summed E-state index contributed by atoms with van der Waals surface area (Å²) in [5, 5.41) is 0. The lowest BCUT2D eigenvalue weighted by molar-refractivity contribution is -0.136. The molecule has 0 bridgehead atoms. The number of alkyl halides is 3. The molecule has 0 aliphatic carbocycles. The first kappa shape index (κ1) is 17.7. The Morgan fingerprint density at radius 1 is 1.33 bits per heavy atom. The largest absolute Gasteiger partial charge is 0.418 e. The highest BCUT2D eigenvalue weighted by Crippen LogP contribution is 2.36. The number of rotatable bonds is 5. The first-order valence-corrected chi connectivity index (χ1v) is 7.59. The van der Waals surface area contributed by atoms with Crippen LogP contribution in [0, 0.1) is 0 Å². The van der Waals surface area contributed by atoms with Gasteiger partial charge in [0.2, 0.25) is 0 Å². The van der Waals surface area contributed by atoms with E-state index in [-0.39, 0.29) is 18.2 Å². The SMILES string of the molecule is CC(C)N(C)S(=O)(=O)Nc1ccc(CN)cc1C(F)(F)F. The van der Waals surface area contributed by atoms with Crippen molar-refractivity contribution in [2.75, 3.05) is 11.8 Å². The first-order chi connectivity index (χ1) is 9.49. The van der Waals surface area contributed by atoms with Crippen molar-refractivity contribution in [2.45, 2.75) is 32.6 Å². The molecule has 120 valence electrons. The maximum absolute atomic E-state index is 13.0. The first-order valence-electron chi connectivity index (χ1n) is 6.15. The molecule has 3 N–H and O–H groups in total. The standard InChI is InChI=1S/C12H18F3N3O2S/c1-8(2)18(3)21(19,20)17-11-5-4-9(7-16)6-10(11)12(13,14)15/h4-6,8,17H,7,16H2,1-3H3. The van der Waals surface area contributed by atoms with Gasteiger partial charge in [-0.2, -0.15) is 25.9 Å². The molecule has 0 atom stereocenters. The summed E-state index contributed by atoms with van der Waals surface area (Å²) in [5.74, 6) is 0. The minimum absolute atomic E-state index is 0.0675. The summed E-state index contributed by atoms with van der Waals surface area (Å²) in [6, 6.07) is 2.87. The van der Waals surface area contributed by atoms with Gasteiger partial charge in [0.1, 0.15) is 0 Å². The molecule has 0 aromatic heterocycles. The van der Waals surface area contributed by atoms with Gasteiger partial charge in [0.15, 0.2) is 0 Å². The fourth-order valence-electron chi connectivity index (χ4n) is 1.53. The number of nitrogens with two attached hydrogens (primary N) is 1. The molecule has 1 rings (SSSR count). The third-order valence-electron chi connectivity index (χ3n) is 2.97. The van der Waals surface area contributed by atoms with Gasteiger partial charge in [0.05, 0.1) is 11.3 Å². The Labute approximate surface area is 122 Å². The maximum atomic E-state index is 13.0. The molecule has 0 saturated carbocycles. The minimum atomic E-state index is -4.68. The van der Waals surface area contributed by atoms with Crippen molar-refractivity contribution in [3.63, 3.8) is 0 Å². The second-order valence-electron chi connectivity index (χ2n) is 4.80. The zero-order valence-corrected chi connectivity index (χ0v) is 12.7. The Bertz CT molecular complexity index is 600. The normalized spacial score (nSPS) is 13.0. The van der Waals surface area contributed by atoms with Crippen molar-refractivity contribution in [3.05, 3.63) is 29.3 Å². The van der Waals surface area contributed by atoms with Crippen molar-refractivity contribution < 1.29 is 21.6 Å². The minimum Gasteiger partial charge on any atom is -0.326 e. The van der Waals surface area contributed by atoms with Crippen LogP contribution in [0.25, 0.3) is 0 Å². The third kappa shape index (κ3) is 4.32. The fraction of sp³-hybridized carbons (Fsp3) is 0.500. The van der Waals surface area contributed by atoms with Gasteiger partial charge in [-0.25, -0.2) is 0 Å². The topological polar surface area (TPSA) is 75.4 Å². The van der Waals surface area contributed by atoms with Crippen LogP contribution in [0.4, 0.5) is 18.9 Å². The van der Waals surface area contributed by atoms with Gasteiger partial charge >= 0.3 is 16.4 Å². The summed E-state index contributed by atoms with van der Waals surface area (Å²) in [4.78, 5) is 0. The van der Waals surface area contributed by atoms with Crippen LogP contribution in [0.2, 0.25) is 0 Å². The van der Waals surface area contributed by atoms with E-state index in [0.717, 1.165) is 16.4 Å². The average molecular weight is 325 g/mol. The van der Waals surface area contributed by atoms with Crippen LogP contribution < -0.4 is 10.5 Å². The number of nitrogens with one attached hydrogen (secondary N) is 1. The van der Waals surface area contributed by atoms with Crippen LogP contribution in [0.15, 0.2) is 18.2 Å². The molecule has 0 heterocycles. The molecule has 0 aliphatic rings. The van der Waals surface area contributed by atoms with Crippen molar-refractivity contribution in [3.8, 4) is 0 Å². The predicted octanol–water partition coefficient (Wildman–Crippen LogP) is 2.16. The van der Waals surface area contributed by atoms with E-state index >= 15 is 0 Å². The fourth-order valence-corrected chi connectivity index (χ4v) is 2.69. The smallest absolute Gasteiger partial charge is 0.326 e. The second-order valence-corrected chi connectivity index (χ2v) is 6.53. The van der Waals surface area contributed by atoms with Crippen LogP contribution >= 0.6 is 0 Å². The van der Waals surface area contributed by atoms with Crippen LogP contribution in [-0.2, 0) is 22.9 Å². The lowest BCUT2D eigenvalue weighted by atomic mass is 10.1. The van der Waals surface area contributed by atoms with Crippen LogP contribution in [0.5, 0.6) is 0 Å². The quantitative estimate of drug-likeness (QED) is 0.871. The molecule has 0 radical (unpaired) electrons. The Balaban J connectivity index is 3.26. The van der Waals surface area contributed by atoms with E-state index in [0.29, 0.717) is 0 Å². The number of benzene rings is 1. The zero-order valence-electron chi connectivity index (χ0n) is 11.9. The monoisotopic (exact) mass is 325 g/mol. The Kier molecular flexibility index (Phi) is 5.24. The van der Waals surface area contributed by atoms with Crippen LogP contribution in [0.3, 0.4) is 0 Å². The number of halogens is 3. The Morgan fingerprint density at radius 2 is 1.90 bits per heavy atom. The average Bonchev–Trinajstić information content (AvgIpc) is 2.36. The van der Waals surface area contributed by atoms with E-state index in [9.17, 15) is 21.6 Å². The Hall–Kier alpha value is -1.32. The highest BCUT2D eigenvalue weighted by Gasteiger charge is 2.35. The maximum Gasteiger partial charge on any atom is 0.418 e. The highest BCUT2D eigenvalue weighted by molar-refractivity contribution is 7.90. The Morgan fingerprint density at radius 3 is 2.33 bits per heavy atom. The van der Waals surface area contributed by atoms with Gasteiger partial charge in [0, 0.05) is 19.6 Å². The van der Waals surface area contributed by atoms with E-state index < -0.39 is 27.6 Å². The lowest BCUT2D eigenvalue weighted by Crippen LogP contribution is -2.37. The molecular weight excluding hydrogens is 307 g/mol. The molecule has 1 aromatic rings. The van der Waals surface area contributed by atoms with E-state index in [4.69, 9.17) is 5.73 Å². The van der Waals surface area contributed by atoms with Crippen molar-refractivity contribution in [1.82, 2.24) is 4.31 Å². The summed E-state index contributed by atoms with van der Waals surface area (Å²) >= 11 is 0. The van der Waals surface area contributed by atoms with Gasteiger partial charge in [-0.1, -0.05) is 6.07 Å². The third-order valence-corrected chi connectivity index (χ3v) is 4.63. The van der Waals surface area contributed by atoms with Crippen LogP contribution in [-0.4, -0.2) is 25.8 Å². The zero-order chi connectivity index (χ0) is 16.4. The van der Waals surface area contributed by atoms with E-state index in [1.165, 1.54) is 13.1 Å². The van der Waals surface area contributed by atoms with Gasteiger partial charge in [-0.15, -0.1) is 0 Å². The molecule has 0 amide bonds. The molecule has 0 unspecified atom stereocenters. The van der Waals surface area contributed by atoms with Gasteiger partial charge < -0.3 is 5.73 Å². The van der Waals surface area contributed by atoms with E-state index in [1.807, 2.05) is 4.72 Å². The van der Waals surface area contributed by atoms with Crippen molar-refractivity contribution in [2.24, 2.45) is 5.73 Å². The summed E-state index contributed by atoms with van der Waals surface area (Å²) in [6.07, 6.45) is -4.68. The predicted molar refractivity (Wildman–Crippen MR) is 74.8 cm³/mol. The van der Waals surface area contributed by atoms with Gasteiger partial charge in [-0.05, 0) is 31.5 Å².